The predicted octanol–water partition coefficient (Wildman–Crippen LogP) is 1.56. The van der Waals surface area contributed by atoms with E-state index in [4.69, 9.17) is 9.47 Å². The summed E-state index contributed by atoms with van der Waals surface area (Å²) in [5, 5.41) is 3.00. The summed E-state index contributed by atoms with van der Waals surface area (Å²) in [6.45, 7) is 5.04. The summed E-state index contributed by atoms with van der Waals surface area (Å²) in [5.74, 6) is 1.60. The zero-order chi connectivity index (χ0) is 19.3. The number of rotatable bonds is 5. The van der Waals surface area contributed by atoms with Crippen LogP contribution in [0.15, 0.2) is 30.7 Å². The molecule has 28 heavy (non-hydrogen) atoms. The van der Waals surface area contributed by atoms with Crippen LogP contribution < -0.4 is 5.32 Å². The maximum absolute atomic E-state index is 12.3. The van der Waals surface area contributed by atoms with Crippen LogP contribution in [0.2, 0.25) is 0 Å². The van der Waals surface area contributed by atoms with E-state index in [1.807, 2.05) is 28.5 Å². The monoisotopic (exact) mass is 384 g/mol. The molecule has 2 aliphatic heterocycles. The van der Waals surface area contributed by atoms with Gasteiger partial charge in [0.25, 0.3) is 5.91 Å². The lowest BCUT2D eigenvalue weighted by Gasteiger charge is -2.38. The van der Waals surface area contributed by atoms with Crippen molar-refractivity contribution in [2.75, 3.05) is 32.8 Å². The fourth-order valence-electron chi connectivity index (χ4n) is 4.46. The molecule has 0 radical (unpaired) electrons. The van der Waals surface area contributed by atoms with Crippen molar-refractivity contribution in [2.45, 2.75) is 18.9 Å². The highest BCUT2D eigenvalue weighted by molar-refractivity contribution is 5.94. The molecule has 0 spiro atoms. The van der Waals surface area contributed by atoms with Gasteiger partial charge in [-0.15, -0.1) is 0 Å². The Morgan fingerprint density at radius 2 is 2.11 bits per heavy atom. The van der Waals surface area contributed by atoms with Gasteiger partial charge in [-0.1, -0.05) is 0 Å². The van der Waals surface area contributed by atoms with Crippen LogP contribution in [-0.2, 0) is 9.47 Å². The second-order valence-electron chi connectivity index (χ2n) is 8.36. The number of piperidine rings is 1. The lowest BCUT2D eigenvalue weighted by atomic mass is 10.1. The second-order valence-corrected chi connectivity index (χ2v) is 8.36. The Bertz CT molecular complexity index is 910. The van der Waals surface area contributed by atoms with Gasteiger partial charge in [-0.05, 0) is 43.2 Å². The van der Waals surface area contributed by atoms with Crippen molar-refractivity contribution in [3.05, 3.63) is 36.3 Å². The number of hydrogen-bond donors (Lipinski definition) is 1. The number of pyridine rings is 1. The summed E-state index contributed by atoms with van der Waals surface area (Å²) >= 11 is 0. The highest BCUT2D eigenvalue weighted by atomic mass is 16.6. The zero-order valence-corrected chi connectivity index (χ0v) is 15.8. The molecule has 2 aromatic heterocycles. The number of nitrogens with zero attached hydrogens (tertiary/aromatic N) is 3. The minimum absolute atomic E-state index is 0.0671. The molecule has 1 aliphatic carbocycles. The summed E-state index contributed by atoms with van der Waals surface area (Å²) in [5.41, 5.74) is 1.00. The summed E-state index contributed by atoms with van der Waals surface area (Å²) in [7, 11) is 0. The van der Waals surface area contributed by atoms with E-state index in [1.54, 1.807) is 18.5 Å². The van der Waals surface area contributed by atoms with Crippen LogP contribution >= 0.6 is 0 Å². The van der Waals surface area contributed by atoms with Gasteiger partial charge in [0, 0.05) is 38.2 Å². The van der Waals surface area contributed by atoms with Gasteiger partial charge in [-0.3, -0.25) is 4.79 Å². The van der Waals surface area contributed by atoms with E-state index in [9.17, 15) is 9.59 Å². The van der Waals surface area contributed by atoms with Crippen LogP contribution in [0, 0.1) is 17.8 Å². The molecule has 5 rings (SSSR count). The van der Waals surface area contributed by atoms with Crippen molar-refractivity contribution in [2.24, 2.45) is 17.8 Å². The van der Waals surface area contributed by atoms with Crippen LogP contribution in [0.3, 0.4) is 0 Å². The number of fused-ring (bicyclic) bond motifs is 2. The average molecular weight is 384 g/mol. The molecule has 8 heteroatoms. The van der Waals surface area contributed by atoms with Gasteiger partial charge in [-0.25, -0.2) is 9.78 Å². The zero-order valence-electron chi connectivity index (χ0n) is 15.8. The number of carbonyl (C=O) groups excluding carboxylic acids is 2. The highest BCUT2D eigenvalue weighted by Gasteiger charge is 2.56. The molecule has 8 nitrogen and oxygen atoms in total. The SMILES string of the molecule is CC1(OC(=O)N2CC3C(CCNC(=O)c4ccc5nccn5c4)C3C2)COC1. The Morgan fingerprint density at radius 1 is 1.32 bits per heavy atom. The third kappa shape index (κ3) is 3.11. The number of aromatic nitrogens is 2. The molecule has 3 fully saturated rings. The molecule has 148 valence electrons. The molecule has 2 amide bonds. The third-order valence-corrected chi connectivity index (χ3v) is 6.19. The van der Waals surface area contributed by atoms with Crippen LogP contribution in [0.5, 0.6) is 0 Å². The summed E-state index contributed by atoms with van der Waals surface area (Å²) < 4.78 is 12.5. The van der Waals surface area contributed by atoms with Crippen molar-refractivity contribution in [1.82, 2.24) is 19.6 Å². The quantitative estimate of drug-likeness (QED) is 0.846. The maximum atomic E-state index is 12.3. The number of ether oxygens (including phenoxy) is 2. The van der Waals surface area contributed by atoms with Gasteiger partial charge in [0.15, 0.2) is 5.60 Å². The lowest BCUT2D eigenvalue weighted by molar-refractivity contribution is -0.171. The van der Waals surface area contributed by atoms with E-state index >= 15 is 0 Å². The van der Waals surface area contributed by atoms with E-state index in [1.165, 1.54) is 0 Å². The standard InChI is InChI=1S/C20H24N4O4/c1-20(11-27-12-20)28-19(26)24-9-15-14(16(15)10-24)4-5-22-18(25)13-2-3-17-21-6-7-23(17)8-13/h2-3,6-8,14-16H,4-5,9-12H2,1H3,(H,22,25). The van der Waals surface area contributed by atoms with E-state index in [2.05, 4.69) is 10.3 Å². The Hall–Kier alpha value is -2.61. The lowest BCUT2D eigenvalue weighted by Crippen LogP contribution is -2.52. The van der Waals surface area contributed by atoms with Crippen molar-refractivity contribution in [3.8, 4) is 0 Å². The van der Waals surface area contributed by atoms with Crippen LogP contribution in [0.4, 0.5) is 4.79 Å². The van der Waals surface area contributed by atoms with Gasteiger partial charge in [-0.2, -0.15) is 0 Å². The Labute approximate surface area is 162 Å². The second kappa shape index (κ2) is 6.48. The largest absolute Gasteiger partial charge is 0.438 e. The molecular formula is C20H24N4O4. The normalized spacial score (nSPS) is 27.2. The Balaban J connectivity index is 1.05. The molecule has 2 unspecified atom stereocenters. The Kier molecular flexibility index (Phi) is 4.04. The van der Waals surface area contributed by atoms with Gasteiger partial charge >= 0.3 is 6.09 Å². The summed E-state index contributed by atoms with van der Waals surface area (Å²) in [4.78, 5) is 30.6. The van der Waals surface area contributed by atoms with Crippen molar-refractivity contribution >= 4 is 17.6 Å². The van der Waals surface area contributed by atoms with Crippen LogP contribution in [0.1, 0.15) is 23.7 Å². The van der Waals surface area contributed by atoms with Gasteiger partial charge in [0.2, 0.25) is 0 Å². The van der Waals surface area contributed by atoms with E-state index in [0.29, 0.717) is 43.1 Å². The molecule has 1 N–H and O–H groups in total. The first-order valence-corrected chi connectivity index (χ1v) is 9.79. The maximum Gasteiger partial charge on any atom is 0.410 e. The highest BCUT2D eigenvalue weighted by Crippen LogP contribution is 2.53. The molecule has 2 aromatic rings. The average Bonchev–Trinajstić information content (AvgIpc) is 3.06. The topological polar surface area (TPSA) is 85.2 Å². The van der Waals surface area contributed by atoms with E-state index in [-0.39, 0.29) is 12.0 Å². The number of carbonyl (C=O) groups is 2. The first-order chi connectivity index (χ1) is 13.5. The molecule has 0 bridgehead atoms. The first-order valence-electron chi connectivity index (χ1n) is 9.79. The Morgan fingerprint density at radius 3 is 2.82 bits per heavy atom. The van der Waals surface area contributed by atoms with Gasteiger partial charge < -0.3 is 24.1 Å². The van der Waals surface area contributed by atoms with Gasteiger partial charge in [0.1, 0.15) is 5.65 Å². The number of amides is 2. The van der Waals surface area contributed by atoms with Gasteiger partial charge in [0.05, 0.1) is 18.8 Å². The molecular weight excluding hydrogens is 360 g/mol. The number of nitrogens with one attached hydrogen (secondary N) is 1. The molecule has 3 aliphatic rings. The molecule has 4 heterocycles. The summed E-state index contributed by atoms with van der Waals surface area (Å²) in [6, 6.07) is 3.63. The van der Waals surface area contributed by atoms with Crippen LogP contribution in [-0.4, -0.2) is 64.7 Å². The third-order valence-electron chi connectivity index (χ3n) is 6.19. The fourth-order valence-corrected chi connectivity index (χ4v) is 4.46. The van der Waals surface area contributed by atoms with E-state index < -0.39 is 5.60 Å². The minimum atomic E-state index is -0.451. The van der Waals surface area contributed by atoms with Crippen LogP contribution in [0.25, 0.3) is 5.65 Å². The first kappa shape index (κ1) is 17.5. The molecule has 1 saturated carbocycles. The molecule has 2 atom stereocenters. The van der Waals surface area contributed by atoms with Crippen molar-refractivity contribution < 1.29 is 19.1 Å². The number of hydrogen-bond acceptors (Lipinski definition) is 5. The van der Waals surface area contributed by atoms with Crippen molar-refractivity contribution in [1.29, 1.82) is 0 Å². The fraction of sp³-hybridized carbons (Fsp3) is 0.550. The number of likely N-dealkylation sites (tertiary alicyclic amines) is 1. The molecule has 0 aromatic carbocycles. The minimum Gasteiger partial charge on any atom is -0.438 e. The molecule has 2 saturated heterocycles. The number of imidazole rings is 1. The summed E-state index contributed by atoms with van der Waals surface area (Å²) in [6.07, 6.45) is 6.05. The smallest absolute Gasteiger partial charge is 0.410 e. The predicted molar refractivity (Wildman–Crippen MR) is 99.9 cm³/mol. The van der Waals surface area contributed by atoms with Crippen molar-refractivity contribution in [3.63, 3.8) is 0 Å². The van der Waals surface area contributed by atoms with E-state index in [0.717, 1.165) is 25.2 Å².